The summed E-state index contributed by atoms with van der Waals surface area (Å²) in [7, 11) is -0.254. The minimum atomic E-state index is -3.33. The lowest BCUT2D eigenvalue weighted by Gasteiger charge is -2.21. The molecule has 1 aliphatic carbocycles. The Balaban J connectivity index is 2.11. The Labute approximate surface area is 115 Å². The average Bonchev–Trinajstić information content (AvgIpc) is 3.09. The fourth-order valence-corrected chi connectivity index (χ4v) is 2.89. The highest BCUT2D eigenvalue weighted by molar-refractivity contribution is 7.89. The van der Waals surface area contributed by atoms with Crippen LogP contribution >= 0.6 is 0 Å². The highest BCUT2D eigenvalue weighted by atomic mass is 32.2. The monoisotopic (exact) mass is 282 g/mol. The van der Waals surface area contributed by atoms with Gasteiger partial charge in [-0.25, -0.2) is 12.7 Å². The van der Waals surface area contributed by atoms with Crippen LogP contribution in [0.4, 0.5) is 5.69 Å². The number of rotatable bonds is 5. The lowest BCUT2D eigenvalue weighted by atomic mass is 10.0. The fourth-order valence-electron chi connectivity index (χ4n) is 1.99. The van der Waals surface area contributed by atoms with Crippen LogP contribution in [-0.2, 0) is 10.0 Å². The van der Waals surface area contributed by atoms with Crippen LogP contribution < -0.4 is 5.32 Å². The largest absolute Gasteiger partial charge is 0.382 e. The molecule has 1 fully saturated rings. The molecule has 106 valence electrons. The van der Waals surface area contributed by atoms with E-state index in [-0.39, 0.29) is 0 Å². The van der Waals surface area contributed by atoms with Gasteiger partial charge in [0.1, 0.15) is 0 Å². The number of sulfonamides is 1. The Morgan fingerprint density at radius 1 is 1.21 bits per heavy atom. The molecule has 0 heterocycles. The fraction of sp³-hybridized carbons (Fsp3) is 0.571. The van der Waals surface area contributed by atoms with E-state index >= 15 is 0 Å². The van der Waals surface area contributed by atoms with E-state index in [1.54, 1.807) is 12.1 Å². The van der Waals surface area contributed by atoms with Crippen molar-refractivity contribution in [1.82, 2.24) is 4.31 Å². The maximum atomic E-state index is 11.9. The molecule has 2 rings (SSSR count). The quantitative estimate of drug-likeness (QED) is 0.903. The molecule has 1 saturated carbocycles. The lowest BCUT2D eigenvalue weighted by molar-refractivity contribution is 0.493. The maximum Gasteiger partial charge on any atom is 0.242 e. The second-order valence-corrected chi connectivity index (χ2v) is 7.98. The summed E-state index contributed by atoms with van der Waals surface area (Å²) in [4.78, 5) is 0.327. The van der Waals surface area contributed by atoms with E-state index < -0.39 is 10.0 Å². The van der Waals surface area contributed by atoms with Gasteiger partial charge in [-0.15, -0.1) is 0 Å². The molecule has 19 heavy (non-hydrogen) atoms. The first kappa shape index (κ1) is 14.3. The van der Waals surface area contributed by atoms with Gasteiger partial charge in [0.15, 0.2) is 0 Å². The van der Waals surface area contributed by atoms with E-state index in [1.165, 1.54) is 31.2 Å². The van der Waals surface area contributed by atoms with Gasteiger partial charge in [0.05, 0.1) is 4.90 Å². The van der Waals surface area contributed by atoms with E-state index in [9.17, 15) is 8.42 Å². The van der Waals surface area contributed by atoms with Crippen LogP contribution in [0.25, 0.3) is 0 Å². The summed E-state index contributed by atoms with van der Waals surface area (Å²) in [6, 6.07) is 7.38. The van der Waals surface area contributed by atoms with Crippen molar-refractivity contribution < 1.29 is 8.42 Å². The van der Waals surface area contributed by atoms with Gasteiger partial charge in [-0.3, -0.25) is 0 Å². The van der Waals surface area contributed by atoms with Crippen molar-refractivity contribution in [3.05, 3.63) is 24.3 Å². The number of nitrogens with one attached hydrogen (secondary N) is 1. The summed E-state index contributed by atoms with van der Waals surface area (Å²) in [5, 5.41) is 3.44. The number of hydrogen-bond donors (Lipinski definition) is 1. The summed E-state index contributed by atoms with van der Waals surface area (Å²) < 4.78 is 25.1. The van der Waals surface area contributed by atoms with E-state index in [0.29, 0.717) is 16.4 Å². The summed E-state index contributed by atoms with van der Waals surface area (Å²) in [5.41, 5.74) is 1.37. The summed E-state index contributed by atoms with van der Waals surface area (Å²) in [6.07, 6.45) is 2.52. The number of benzene rings is 1. The molecular weight excluding hydrogens is 260 g/mol. The normalized spacial score (nSPS) is 19.2. The van der Waals surface area contributed by atoms with Gasteiger partial charge in [0.25, 0.3) is 0 Å². The predicted octanol–water partition coefficient (Wildman–Crippen LogP) is 2.54. The molecule has 0 aliphatic heterocycles. The van der Waals surface area contributed by atoms with Crippen LogP contribution in [-0.4, -0.2) is 32.9 Å². The van der Waals surface area contributed by atoms with Crippen molar-refractivity contribution in [2.45, 2.75) is 37.6 Å². The van der Waals surface area contributed by atoms with Crippen molar-refractivity contribution in [3.63, 3.8) is 0 Å². The zero-order valence-corrected chi connectivity index (χ0v) is 12.8. The second kappa shape index (κ2) is 4.80. The van der Waals surface area contributed by atoms with E-state index in [1.807, 2.05) is 12.1 Å². The Morgan fingerprint density at radius 3 is 2.16 bits per heavy atom. The van der Waals surface area contributed by atoms with Gasteiger partial charge in [-0.2, -0.15) is 0 Å². The van der Waals surface area contributed by atoms with E-state index in [4.69, 9.17) is 0 Å². The Hall–Kier alpha value is -1.07. The lowest BCUT2D eigenvalue weighted by Crippen LogP contribution is -2.25. The second-order valence-electron chi connectivity index (χ2n) is 5.83. The van der Waals surface area contributed by atoms with Crippen molar-refractivity contribution in [3.8, 4) is 0 Å². The highest BCUT2D eigenvalue weighted by Gasteiger charge is 2.42. The molecule has 1 N–H and O–H groups in total. The van der Waals surface area contributed by atoms with Crippen molar-refractivity contribution >= 4 is 15.7 Å². The minimum absolute atomic E-state index is 0.327. The summed E-state index contributed by atoms with van der Waals surface area (Å²) in [5.74, 6) is 0. The average molecular weight is 282 g/mol. The Kier molecular flexibility index (Phi) is 3.62. The van der Waals surface area contributed by atoms with E-state index in [2.05, 4.69) is 19.2 Å². The molecule has 1 aromatic carbocycles. The third kappa shape index (κ3) is 2.92. The Bertz CT molecular complexity index is 545. The SMILES string of the molecule is CC(Nc1ccc(S(=O)(=O)N(C)C)cc1)C1(C)CC1. The standard InChI is InChI=1S/C14H22N2O2S/c1-11(14(2)9-10-14)15-12-5-7-13(8-6-12)19(17,18)16(3)4/h5-8,11,15H,9-10H2,1-4H3. The van der Waals surface area contributed by atoms with Crippen LogP contribution in [0.1, 0.15) is 26.7 Å². The maximum absolute atomic E-state index is 11.9. The van der Waals surface area contributed by atoms with Crippen LogP contribution in [0.15, 0.2) is 29.2 Å². The molecule has 1 atom stereocenters. The Morgan fingerprint density at radius 2 is 1.74 bits per heavy atom. The number of nitrogens with zero attached hydrogens (tertiary/aromatic N) is 1. The molecule has 0 saturated heterocycles. The third-order valence-corrected chi connectivity index (χ3v) is 5.93. The van der Waals surface area contributed by atoms with Crippen LogP contribution in [0.2, 0.25) is 0 Å². The minimum Gasteiger partial charge on any atom is -0.382 e. The molecule has 0 amide bonds. The molecule has 1 unspecified atom stereocenters. The molecule has 1 aliphatic rings. The molecule has 4 nitrogen and oxygen atoms in total. The van der Waals surface area contributed by atoms with Gasteiger partial charge in [-0.1, -0.05) is 6.92 Å². The number of anilines is 1. The molecule has 0 bridgehead atoms. The smallest absolute Gasteiger partial charge is 0.242 e. The van der Waals surface area contributed by atoms with E-state index in [0.717, 1.165) is 5.69 Å². The van der Waals surface area contributed by atoms with Crippen molar-refractivity contribution in [2.75, 3.05) is 19.4 Å². The van der Waals surface area contributed by atoms with Crippen molar-refractivity contribution in [2.24, 2.45) is 5.41 Å². The van der Waals surface area contributed by atoms with Gasteiger partial charge in [-0.05, 0) is 49.4 Å². The molecule has 1 aromatic rings. The highest BCUT2D eigenvalue weighted by Crippen LogP contribution is 2.48. The van der Waals surface area contributed by atoms with Gasteiger partial charge < -0.3 is 5.32 Å². The van der Waals surface area contributed by atoms with Gasteiger partial charge in [0, 0.05) is 25.8 Å². The van der Waals surface area contributed by atoms with Crippen LogP contribution in [0, 0.1) is 5.41 Å². The topological polar surface area (TPSA) is 49.4 Å². The molecule has 0 aromatic heterocycles. The first-order valence-electron chi connectivity index (χ1n) is 6.55. The van der Waals surface area contributed by atoms with Gasteiger partial charge >= 0.3 is 0 Å². The first-order valence-corrected chi connectivity index (χ1v) is 7.99. The molecular formula is C14H22N2O2S. The van der Waals surface area contributed by atoms with Crippen LogP contribution in [0.3, 0.4) is 0 Å². The molecule has 0 radical (unpaired) electrons. The van der Waals surface area contributed by atoms with Crippen LogP contribution in [0.5, 0.6) is 0 Å². The molecule has 5 heteroatoms. The van der Waals surface area contributed by atoms with Crippen molar-refractivity contribution in [1.29, 1.82) is 0 Å². The zero-order chi connectivity index (χ0) is 14.3. The third-order valence-electron chi connectivity index (χ3n) is 4.10. The first-order chi connectivity index (χ1) is 8.75. The zero-order valence-electron chi connectivity index (χ0n) is 12.0. The summed E-state index contributed by atoms with van der Waals surface area (Å²) >= 11 is 0. The number of hydrogen-bond acceptors (Lipinski definition) is 3. The molecule has 0 spiro atoms. The van der Waals surface area contributed by atoms with Gasteiger partial charge in [0.2, 0.25) is 10.0 Å². The predicted molar refractivity (Wildman–Crippen MR) is 77.7 cm³/mol. The summed E-state index contributed by atoms with van der Waals surface area (Å²) in [6.45, 7) is 4.45.